The van der Waals surface area contributed by atoms with E-state index in [0.717, 1.165) is 42.9 Å². The lowest BCUT2D eigenvalue weighted by Crippen LogP contribution is -2.48. The summed E-state index contributed by atoms with van der Waals surface area (Å²) in [6, 6.07) is 8.38. The van der Waals surface area contributed by atoms with E-state index in [1.807, 2.05) is 12.1 Å². The van der Waals surface area contributed by atoms with Crippen LogP contribution in [0.25, 0.3) is 0 Å². The molecular formula is C18H20BrFN4O. The Morgan fingerprint density at radius 2 is 1.88 bits per heavy atom. The molecule has 0 saturated carbocycles. The zero-order chi connectivity index (χ0) is 17.6. The van der Waals surface area contributed by atoms with E-state index < -0.39 is 0 Å². The Hall–Kier alpha value is -1.99. The summed E-state index contributed by atoms with van der Waals surface area (Å²) in [5.41, 5.74) is 1.60. The lowest BCUT2D eigenvalue weighted by Gasteiger charge is -2.36. The molecule has 1 saturated heterocycles. The Labute approximate surface area is 155 Å². The van der Waals surface area contributed by atoms with E-state index in [9.17, 15) is 9.18 Å². The second-order valence-electron chi connectivity index (χ2n) is 5.95. The standard InChI is InChI=1S/C18H20BrFN4O/c19-15-11-14(12-21-13-15)18(25)22-5-6-23-7-9-24(10-8-23)17-3-1-16(20)2-4-17/h1-4,11-13H,5-10H2,(H,22,25). The van der Waals surface area contributed by atoms with E-state index in [1.54, 1.807) is 18.5 Å². The van der Waals surface area contributed by atoms with Gasteiger partial charge in [-0.2, -0.15) is 0 Å². The summed E-state index contributed by atoms with van der Waals surface area (Å²) in [5, 5.41) is 2.93. The summed E-state index contributed by atoms with van der Waals surface area (Å²) in [4.78, 5) is 20.6. The van der Waals surface area contributed by atoms with E-state index in [2.05, 4.69) is 36.0 Å². The van der Waals surface area contributed by atoms with E-state index >= 15 is 0 Å². The first-order chi connectivity index (χ1) is 12.1. The zero-order valence-electron chi connectivity index (χ0n) is 13.8. The number of piperazine rings is 1. The van der Waals surface area contributed by atoms with E-state index in [0.29, 0.717) is 12.1 Å². The number of anilines is 1. The van der Waals surface area contributed by atoms with Gasteiger partial charge in [0.25, 0.3) is 5.91 Å². The van der Waals surface area contributed by atoms with Crippen molar-refractivity contribution in [2.24, 2.45) is 0 Å². The lowest BCUT2D eigenvalue weighted by molar-refractivity contribution is 0.0947. The molecule has 0 atom stereocenters. The maximum absolute atomic E-state index is 13.0. The van der Waals surface area contributed by atoms with Crippen molar-refractivity contribution in [3.8, 4) is 0 Å². The molecule has 0 aliphatic carbocycles. The van der Waals surface area contributed by atoms with E-state index in [-0.39, 0.29) is 11.7 Å². The van der Waals surface area contributed by atoms with Crippen molar-refractivity contribution >= 4 is 27.5 Å². The second kappa shape index (κ2) is 8.40. The van der Waals surface area contributed by atoms with Gasteiger partial charge in [-0.25, -0.2) is 4.39 Å². The van der Waals surface area contributed by atoms with Crippen molar-refractivity contribution in [3.63, 3.8) is 0 Å². The molecule has 132 valence electrons. The van der Waals surface area contributed by atoms with Gasteiger partial charge >= 0.3 is 0 Å². The Morgan fingerprint density at radius 1 is 1.16 bits per heavy atom. The SMILES string of the molecule is O=C(NCCN1CCN(c2ccc(F)cc2)CC1)c1cncc(Br)c1. The molecule has 3 rings (SSSR count). The molecule has 1 N–H and O–H groups in total. The van der Waals surface area contributed by atoms with Gasteiger partial charge in [-0.1, -0.05) is 0 Å². The topological polar surface area (TPSA) is 48.5 Å². The van der Waals surface area contributed by atoms with Gasteiger partial charge in [-0.15, -0.1) is 0 Å². The van der Waals surface area contributed by atoms with Crippen molar-refractivity contribution in [2.75, 3.05) is 44.2 Å². The molecular weight excluding hydrogens is 387 g/mol. The number of nitrogens with zero attached hydrogens (tertiary/aromatic N) is 3. The minimum atomic E-state index is -0.209. The van der Waals surface area contributed by atoms with Crippen LogP contribution in [-0.4, -0.2) is 55.1 Å². The third-order valence-electron chi connectivity index (χ3n) is 4.24. The molecule has 1 aliphatic rings. The fourth-order valence-corrected chi connectivity index (χ4v) is 3.21. The number of amides is 1. The average Bonchev–Trinajstić information content (AvgIpc) is 2.63. The highest BCUT2D eigenvalue weighted by Gasteiger charge is 2.17. The summed E-state index contributed by atoms with van der Waals surface area (Å²) >= 11 is 3.31. The number of carbonyl (C=O) groups is 1. The Morgan fingerprint density at radius 3 is 2.56 bits per heavy atom. The van der Waals surface area contributed by atoms with Gasteiger partial charge in [0.2, 0.25) is 0 Å². The maximum atomic E-state index is 13.0. The molecule has 1 fully saturated rings. The third kappa shape index (κ3) is 4.99. The van der Waals surface area contributed by atoms with Gasteiger partial charge in [0.05, 0.1) is 5.56 Å². The average molecular weight is 407 g/mol. The largest absolute Gasteiger partial charge is 0.369 e. The summed E-state index contributed by atoms with van der Waals surface area (Å²) in [5.74, 6) is -0.322. The number of aromatic nitrogens is 1. The van der Waals surface area contributed by atoms with Crippen LogP contribution in [-0.2, 0) is 0 Å². The normalized spacial score (nSPS) is 15.2. The van der Waals surface area contributed by atoms with Gasteiger partial charge in [0.15, 0.2) is 0 Å². The molecule has 0 spiro atoms. The Bertz CT molecular complexity index is 717. The Balaban J connectivity index is 1.40. The minimum absolute atomic E-state index is 0.112. The fraction of sp³-hybridized carbons (Fsp3) is 0.333. The molecule has 1 aromatic carbocycles. The molecule has 5 nitrogen and oxygen atoms in total. The predicted molar refractivity (Wildman–Crippen MR) is 99.3 cm³/mol. The smallest absolute Gasteiger partial charge is 0.252 e. The highest BCUT2D eigenvalue weighted by molar-refractivity contribution is 9.10. The van der Waals surface area contributed by atoms with Crippen LogP contribution >= 0.6 is 15.9 Å². The van der Waals surface area contributed by atoms with E-state index in [4.69, 9.17) is 0 Å². The van der Waals surface area contributed by atoms with Crippen molar-refractivity contribution in [1.82, 2.24) is 15.2 Å². The number of benzene rings is 1. The van der Waals surface area contributed by atoms with Crippen LogP contribution in [0.4, 0.5) is 10.1 Å². The number of rotatable bonds is 5. The molecule has 0 bridgehead atoms. The third-order valence-corrected chi connectivity index (χ3v) is 4.68. The Kier molecular flexibility index (Phi) is 5.99. The number of nitrogens with one attached hydrogen (secondary N) is 1. The highest BCUT2D eigenvalue weighted by atomic mass is 79.9. The number of carbonyl (C=O) groups excluding carboxylic acids is 1. The molecule has 25 heavy (non-hydrogen) atoms. The van der Waals surface area contributed by atoms with Gasteiger partial charge in [0, 0.05) is 61.8 Å². The lowest BCUT2D eigenvalue weighted by atomic mass is 10.2. The molecule has 2 aromatic rings. The number of hydrogen-bond donors (Lipinski definition) is 1. The zero-order valence-corrected chi connectivity index (χ0v) is 15.4. The minimum Gasteiger partial charge on any atom is -0.369 e. The number of hydrogen-bond acceptors (Lipinski definition) is 4. The van der Waals surface area contributed by atoms with E-state index in [1.165, 1.54) is 12.1 Å². The van der Waals surface area contributed by atoms with Gasteiger partial charge < -0.3 is 10.2 Å². The van der Waals surface area contributed by atoms with Crippen molar-refractivity contribution in [3.05, 3.63) is 58.6 Å². The van der Waals surface area contributed by atoms with Crippen LogP contribution in [0.15, 0.2) is 47.2 Å². The quantitative estimate of drug-likeness (QED) is 0.828. The summed E-state index contributed by atoms with van der Waals surface area (Å²) in [6.07, 6.45) is 3.21. The first-order valence-corrected chi connectivity index (χ1v) is 9.03. The summed E-state index contributed by atoms with van der Waals surface area (Å²) in [6.45, 7) is 5.05. The van der Waals surface area contributed by atoms with Crippen LogP contribution in [0, 0.1) is 5.82 Å². The van der Waals surface area contributed by atoms with Crippen LogP contribution in [0.1, 0.15) is 10.4 Å². The molecule has 1 amide bonds. The monoisotopic (exact) mass is 406 g/mol. The van der Waals surface area contributed by atoms with Crippen molar-refractivity contribution in [2.45, 2.75) is 0 Å². The number of halogens is 2. The maximum Gasteiger partial charge on any atom is 0.252 e. The first-order valence-electron chi connectivity index (χ1n) is 8.23. The van der Waals surface area contributed by atoms with Gasteiger partial charge in [-0.3, -0.25) is 14.7 Å². The van der Waals surface area contributed by atoms with Crippen molar-refractivity contribution < 1.29 is 9.18 Å². The van der Waals surface area contributed by atoms with Crippen LogP contribution in [0.3, 0.4) is 0 Å². The fourth-order valence-electron chi connectivity index (χ4n) is 2.85. The molecule has 2 heterocycles. The summed E-state index contributed by atoms with van der Waals surface area (Å²) in [7, 11) is 0. The number of pyridine rings is 1. The highest BCUT2D eigenvalue weighted by Crippen LogP contribution is 2.16. The van der Waals surface area contributed by atoms with Crippen LogP contribution in [0.2, 0.25) is 0 Å². The summed E-state index contributed by atoms with van der Waals surface area (Å²) < 4.78 is 13.8. The van der Waals surface area contributed by atoms with Gasteiger partial charge in [-0.05, 0) is 46.3 Å². The first kappa shape index (κ1) is 17.8. The van der Waals surface area contributed by atoms with Gasteiger partial charge in [0.1, 0.15) is 5.82 Å². The molecule has 1 aromatic heterocycles. The molecule has 1 aliphatic heterocycles. The second-order valence-corrected chi connectivity index (χ2v) is 6.87. The van der Waals surface area contributed by atoms with Crippen LogP contribution in [0.5, 0.6) is 0 Å². The molecule has 0 radical (unpaired) electrons. The van der Waals surface area contributed by atoms with Crippen LogP contribution < -0.4 is 10.2 Å². The predicted octanol–water partition coefficient (Wildman–Crippen LogP) is 2.54. The molecule has 7 heteroatoms. The molecule has 0 unspecified atom stereocenters. The van der Waals surface area contributed by atoms with Crippen molar-refractivity contribution in [1.29, 1.82) is 0 Å².